The molecule has 2 aromatic carbocycles. The van der Waals surface area contributed by atoms with Gasteiger partial charge in [-0.1, -0.05) is 30.2 Å². The van der Waals surface area contributed by atoms with Gasteiger partial charge in [-0.25, -0.2) is 4.98 Å². The number of rotatable bonds is 7. The highest BCUT2D eigenvalue weighted by Gasteiger charge is 2.46. The lowest BCUT2D eigenvalue weighted by Gasteiger charge is -2.19. The van der Waals surface area contributed by atoms with Gasteiger partial charge in [0.1, 0.15) is 6.54 Å². The number of carbonyl (C=O) groups excluding carboxylic acids is 3. The van der Waals surface area contributed by atoms with Gasteiger partial charge in [-0.3, -0.25) is 19.1 Å². The summed E-state index contributed by atoms with van der Waals surface area (Å²) in [6.07, 6.45) is -0.115. The second kappa shape index (κ2) is 11.7. The molecule has 4 aromatic rings. The van der Waals surface area contributed by atoms with Gasteiger partial charge < -0.3 is 16.0 Å². The molecule has 2 heterocycles. The van der Waals surface area contributed by atoms with Crippen LogP contribution in [0.25, 0.3) is 10.9 Å². The van der Waals surface area contributed by atoms with Crippen LogP contribution >= 0.6 is 11.3 Å². The number of hydrogen-bond donors (Lipinski definition) is 3. The van der Waals surface area contributed by atoms with E-state index >= 15 is 0 Å². The monoisotopic (exact) mass is 594 g/mol. The van der Waals surface area contributed by atoms with Gasteiger partial charge in [-0.05, 0) is 55.0 Å². The van der Waals surface area contributed by atoms with E-state index in [1.54, 1.807) is 61.0 Å². The van der Waals surface area contributed by atoms with Crippen LogP contribution in [-0.4, -0.2) is 44.7 Å². The molecule has 5 rings (SSSR count). The van der Waals surface area contributed by atoms with Crippen molar-refractivity contribution >= 4 is 40.0 Å². The molecular formula is C29H25F3N6O3S. The van der Waals surface area contributed by atoms with Crippen LogP contribution in [0.3, 0.4) is 0 Å². The van der Waals surface area contributed by atoms with Gasteiger partial charge in [-0.15, -0.1) is 11.3 Å². The van der Waals surface area contributed by atoms with Crippen LogP contribution in [0.5, 0.6) is 0 Å². The predicted molar refractivity (Wildman–Crippen MR) is 149 cm³/mol. The van der Waals surface area contributed by atoms with Crippen molar-refractivity contribution in [2.24, 2.45) is 0 Å². The lowest BCUT2D eigenvalue weighted by atomic mass is 10.0. The van der Waals surface area contributed by atoms with E-state index in [4.69, 9.17) is 0 Å². The number of amides is 3. The molecule has 3 amide bonds. The molecule has 13 heteroatoms. The second-order valence-corrected chi connectivity index (χ2v) is 10.8. The van der Waals surface area contributed by atoms with Crippen molar-refractivity contribution in [2.75, 3.05) is 0 Å². The van der Waals surface area contributed by atoms with Gasteiger partial charge in [0.2, 0.25) is 0 Å². The van der Waals surface area contributed by atoms with Crippen LogP contribution in [-0.2, 0) is 28.2 Å². The molecule has 42 heavy (non-hydrogen) atoms. The maximum Gasteiger partial charge on any atom is 0.408 e. The van der Waals surface area contributed by atoms with Gasteiger partial charge in [0.05, 0.1) is 17.1 Å². The normalized spacial score (nSPS) is 14.4. The number of benzene rings is 2. The third kappa shape index (κ3) is 6.95. The SMILES string of the molecule is C[C@@H](C#Cc1nccs1)NC(=O)C(=O)NCc1ccccc1C(=O)NC1(c2ccc3nn(CC(F)(F)F)cc3c2)CC1. The molecule has 1 fully saturated rings. The lowest BCUT2D eigenvalue weighted by Crippen LogP contribution is -2.43. The van der Waals surface area contributed by atoms with Gasteiger partial charge >= 0.3 is 18.0 Å². The van der Waals surface area contributed by atoms with Crippen molar-refractivity contribution in [3.05, 3.63) is 81.9 Å². The van der Waals surface area contributed by atoms with E-state index in [9.17, 15) is 27.6 Å². The Morgan fingerprint density at radius 1 is 1.14 bits per heavy atom. The fraction of sp³-hybridized carbons (Fsp3) is 0.276. The molecule has 1 atom stereocenters. The molecule has 3 N–H and O–H groups in total. The molecule has 0 aliphatic heterocycles. The summed E-state index contributed by atoms with van der Waals surface area (Å²) in [5.41, 5.74) is 1.36. The predicted octanol–water partition coefficient (Wildman–Crippen LogP) is 3.65. The number of hydrogen-bond acceptors (Lipinski definition) is 6. The Morgan fingerprint density at radius 3 is 2.64 bits per heavy atom. The van der Waals surface area contributed by atoms with Crippen LogP contribution < -0.4 is 16.0 Å². The molecule has 1 saturated carbocycles. The van der Waals surface area contributed by atoms with Crippen molar-refractivity contribution in [1.29, 1.82) is 0 Å². The average Bonchev–Trinajstić information content (AvgIpc) is 3.34. The summed E-state index contributed by atoms with van der Waals surface area (Å²) in [6.45, 7) is 0.395. The molecule has 2 aromatic heterocycles. The molecule has 0 spiro atoms. The number of nitrogens with zero attached hydrogens (tertiary/aromatic N) is 3. The van der Waals surface area contributed by atoms with E-state index in [2.05, 4.69) is 37.9 Å². The van der Waals surface area contributed by atoms with E-state index in [-0.39, 0.29) is 12.5 Å². The first-order valence-electron chi connectivity index (χ1n) is 13.0. The molecule has 9 nitrogen and oxygen atoms in total. The van der Waals surface area contributed by atoms with E-state index in [1.807, 2.05) is 0 Å². The maximum atomic E-state index is 13.3. The fourth-order valence-electron chi connectivity index (χ4n) is 4.44. The molecule has 0 radical (unpaired) electrons. The van der Waals surface area contributed by atoms with Crippen molar-refractivity contribution in [3.63, 3.8) is 0 Å². The van der Waals surface area contributed by atoms with E-state index < -0.39 is 36.1 Å². The number of alkyl halides is 3. The molecular weight excluding hydrogens is 569 g/mol. The number of aromatic nitrogens is 3. The minimum Gasteiger partial charge on any atom is -0.344 e. The minimum absolute atomic E-state index is 0.0631. The number of thiazole rings is 1. The first-order chi connectivity index (χ1) is 20.0. The molecule has 1 aliphatic rings. The lowest BCUT2D eigenvalue weighted by molar-refractivity contribution is -0.142. The summed E-state index contributed by atoms with van der Waals surface area (Å²) >= 11 is 1.36. The van der Waals surface area contributed by atoms with E-state index in [0.717, 1.165) is 10.2 Å². The summed E-state index contributed by atoms with van der Waals surface area (Å²) in [6, 6.07) is 11.3. The third-order valence-corrected chi connectivity index (χ3v) is 7.32. The quantitative estimate of drug-likeness (QED) is 0.223. The highest BCUT2D eigenvalue weighted by atomic mass is 32.1. The summed E-state index contributed by atoms with van der Waals surface area (Å²) < 4.78 is 39.2. The average molecular weight is 595 g/mol. The van der Waals surface area contributed by atoms with E-state index in [1.165, 1.54) is 17.5 Å². The van der Waals surface area contributed by atoms with Crippen LogP contribution in [0, 0.1) is 11.8 Å². The van der Waals surface area contributed by atoms with Gasteiger partial charge in [-0.2, -0.15) is 18.3 Å². The van der Waals surface area contributed by atoms with Crippen molar-refractivity contribution in [2.45, 2.75) is 50.6 Å². The Kier molecular flexibility index (Phi) is 8.00. The summed E-state index contributed by atoms with van der Waals surface area (Å²) in [4.78, 5) is 42.1. The first kappa shape index (κ1) is 28.8. The highest BCUT2D eigenvalue weighted by Crippen LogP contribution is 2.46. The standard InChI is InChI=1S/C29H25F3N6O3S/c1-18(6-9-24-33-12-13-42-24)35-27(41)26(40)34-15-19-4-2-3-5-22(19)25(39)36-28(10-11-28)21-7-8-23-20(14-21)16-38(37-23)17-29(30,31)32/h2-5,7-8,12-14,16,18H,10-11,15,17H2,1H3,(H,34,40)(H,35,41)(H,36,39)/t18-/m0/s1. The molecule has 1 aliphatic carbocycles. The summed E-state index contributed by atoms with van der Waals surface area (Å²) in [5.74, 6) is 3.53. The summed E-state index contributed by atoms with van der Waals surface area (Å²) in [7, 11) is 0. The molecule has 216 valence electrons. The van der Waals surface area contributed by atoms with Crippen LogP contribution in [0.4, 0.5) is 13.2 Å². The zero-order valence-electron chi connectivity index (χ0n) is 22.3. The topological polar surface area (TPSA) is 118 Å². The molecule has 0 saturated heterocycles. The molecule has 0 bridgehead atoms. The number of halogens is 3. The number of carbonyl (C=O) groups is 3. The fourth-order valence-corrected chi connectivity index (χ4v) is 4.93. The van der Waals surface area contributed by atoms with Crippen LogP contribution in [0.1, 0.15) is 46.3 Å². The zero-order valence-corrected chi connectivity index (χ0v) is 23.1. The maximum absolute atomic E-state index is 13.3. The second-order valence-electron chi connectivity index (χ2n) is 9.89. The van der Waals surface area contributed by atoms with Crippen molar-refractivity contribution in [1.82, 2.24) is 30.7 Å². The van der Waals surface area contributed by atoms with E-state index in [0.29, 0.717) is 39.9 Å². The highest BCUT2D eigenvalue weighted by molar-refractivity contribution is 7.10. The Balaban J connectivity index is 1.21. The van der Waals surface area contributed by atoms with Gasteiger partial charge in [0.25, 0.3) is 5.91 Å². The Morgan fingerprint density at radius 2 is 1.93 bits per heavy atom. The Labute approximate surface area is 242 Å². The Hall–Kier alpha value is -4.70. The molecule has 0 unspecified atom stereocenters. The van der Waals surface area contributed by atoms with Crippen LogP contribution in [0.2, 0.25) is 0 Å². The first-order valence-corrected chi connectivity index (χ1v) is 13.8. The van der Waals surface area contributed by atoms with Crippen molar-refractivity contribution in [3.8, 4) is 11.8 Å². The van der Waals surface area contributed by atoms with Gasteiger partial charge in [0, 0.05) is 35.3 Å². The Bertz CT molecular complexity index is 1700. The van der Waals surface area contributed by atoms with Crippen LogP contribution in [0.15, 0.2) is 60.2 Å². The summed E-state index contributed by atoms with van der Waals surface area (Å²) in [5, 5.41) is 15.0. The third-order valence-electron chi connectivity index (χ3n) is 6.63. The van der Waals surface area contributed by atoms with Crippen molar-refractivity contribution < 1.29 is 27.6 Å². The largest absolute Gasteiger partial charge is 0.408 e. The minimum atomic E-state index is -4.39. The number of nitrogens with one attached hydrogen (secondary N) is 3. The smallest absolute Gasteiger partial charge is 0.344 e. The number of fused-ring (bicyclic) bond motifs is 1. The van der Waals surface area contributed by atoms with Gasteiger partial charge in [0.15, 0.2) is 5.01 Å². The zero-order chi connectivity index (χ0) is 29.9.